The average molecular weight is 412 g/mol. The van der Waals surface area contributed by atoms with E-state index in [1.807, 2.05) is 48.7 Å². The molecule has 6 aromatic rings. The number of aryl methyl sites for hydroxylation is 1. The van der Waals surface area contributed by atoms with Gasteiger partial charge in [-0.05, 0) is 37.3 Å². The molecule has 0 amide bonds. The van der Waals surface area contributed by atoms with Crippen molar-refractivity contribution in [2.75, 3.05) is 0 Å². The quantitative estimate of drug-likeness (QED) is 0.328. The van der Waals surface area contributed by atoms with Crippen molar-refractivity contribution in [1.29, 1.82) is 0 Å². The van der Waals surface area contributed by atoms with E-state index in [1.54, 1.807) is 0 Å². The van der Waals surface area contributed by atoms with Crippen LogP contribution >= 0.6 is 0 Å². The van der Waals surface area contributed by atoms with Crippen molar-refractivity contribution < 1.29 is 0 Å². The van der Waals surface area contributed by atoms with Gasteiger partial charge in [0.05, 0.1) is 16.9 Å². The monoisotopic (exact) mass is 412 g/mol. The first kappa shape index (κ1) is 18.5. The second-order valence-corrected chi connectivity index (χ2v) is 7.90. The molecule has 0 atom stereocenters. The standard InChI is InChI=1S/C28H20N4/c1-19-14-15-26-23(17-19)22-13-8-16-29-27(22)32(26)28-30-24(20-9-4-2-5-10-20)18-25(31-28)21-11-6-3-7-12-21/h2-18H,1H3. The minimum Gasteiger partial charge on any atom is -0.262 e. The van der Waals surface area contributed by atoms with Crippen LogP contribution in [0.3, 0.4) is 0 Å². The highest BCUT2D eigenvalue weighted by Gasteiger charge is 2.17. The largest absolute Gasteiger partial charge is 0.262 e. The van der Waals surface area contributed by atoms with E-state index in [0.717, 1.165) is 44.5 Å². The van der Waals surface area contributed by atoms with Crippen molar-refractivity contribution in [2.24, 2.45) is 0 Å². The van der Waals surface area contributed by atoms with E-state index < -0.39 is 0 Å². The molecule has 0 aliphatic carbocycles. The van der Waals surface area contributed by atoms with Crippen LogP contribution in [-0.2, 0) is 0 Å². The second-order valence-electron chi connectivity index (χ2n) is 7.90. The van der Waals surface area contributed by atoms with Crippen molar-refractivity contribution in [3.63, 3.8) is 0 Å². The third kappa shape index (κ3) is 3.05. The maximum atomic E-state index is 5.01. The Labute approximate surface area is 185 Å². The van der Waals surface area contributed by atoms with Gasteiger partial charge in [0.1, 0.15) is 5.65 Å². The van der Waals surface area contributed by atoms with E-state index in [2.05, 4.69) is 66.1 Å². The fourth-order valence-corrected chi connectivity index (χ4v) is 4.21. The summed E-state index contributed by atoms with van der Waals surface area (Å²) in [5, 5.41) is 2.25. The number of hydrogen-bond acceptors (Lipinski definition) is 3. The summed E-state index contributed by atoms with van der Waals surface area (Å²) in [6.07, 6.45) is 1.82. The van der Waals surface area contributed by atoms with Gasteiger partial charge in [0.2, 0.25) is 5.95 Å². The highest BCUT2D eigenvalue weighted by Crippen LogP contribution is 2.32. The fourth-order valence-electron chi connectivity index (χ4n) is 4.21. The SMILES string of the molecule is Cc1ccc2c(c1)c1cccnc1n2-c1nc(-c2ccccc2)cc(-c2ccccc2)n1. The highest BCUT2D eigenvalue weighted by atomic mass is 15.2. The summed E-state index contributed by atoms with van der Waals surface area (Å²) in [5.41, 5.74) is 6.99. The molecule has 6 rings (SSSR count). The zero-order valence-electron chi connectivity index (χ0n) is 17.6. The van der Waals surface area contributed by atoms with Crippen LogP contribution in [0.1, 0.15) is 5.56 Å². The Morgan fingerprint density at radius 3 is 1.94 bits per heavy atom. The smallest absolute Gasteiger partial charge is 0.237 e. The van der Waals surface area contributed by atoms with Gasteiger partial charge in [0, 0.05) is 28.1 Å². The van der Waals surface area contributed by atoms with Crippen LogP contribution in [0.5, 0.6) is 0 Å². The summed E-state index contributed by atoms with van der Waals surface area (Å²) < 4.78 is 2.07. The first-order valence-corrected chi connectivity index (χ1v) is 10.6. The van der Waals surface area contributed by atoms with Crippen LogP contribution < -0.4 is 0 Å². The molecular formula is C28H20N4. The van der Waals surface area contributed by atoms with Gasteiger partial charge in [-0.2, -0.15) is 0 Å². The number of nitrogens with zero attached hydrogens (tertiary/aromatic N) is 4. The molecule has 0 unspecified atom stereocenters. The zero-order valence-corrected chi connectivity index (χ0v) is 17.6. The van der Waals surface area contributed by atoms with Gasteiger partial charge in [0.25, 0.3) is 0 Å². The highest BCUT2D eigenvalue weighted by molar-refractivity contribution is 6.07. The molecule has 0 bridgehead atoms. The van der Waals surface area contributed by atoms with Gasteiger partial charge in [-0.3, -0.25) is 4.57 Å². The molecule has 32 heavy (non-hydrogen) atoms. The van der Waals surface area contributed by atoms with Crippen molar-refractivity contribution >= 4 is 21.9 Å². The molecule has 0 aliphatic rings. The third-order valence-corrected chi connectivity index (χ3v) is 5.74. The van der Waals surface area contributed by atoms with Gasteiger partial charge in [-0.25, -0.2) is 15.0 Å². The molecular weight excluding hydrogens is 392 g/mol. The van der Waals surface area contributed by atoms with Gasteiger partial charge in [-0.15, -0.1) is 0 Å². The van der Waals surface area contributed by atoms with Crippen molar-refractivity contribution in [3.8, 4) is 28.5 Å². The number of rotatable bonds is 3. The fraction of sp³-hybridized carbons (Fsp3) is 0.0357. The van der Waals surface area contributed by atoms with Crippen LogP contribution in [-0.4, -0.2) is 19.5 Å². The van der Waals surface area contributed by atoms with Crippen molar-refractivity contribution in [1.82, 2.24) is 19.5 Å². The summed E-state index contributed by atoms with van der Waals surface area (Å²) in [6, 6.07) is 33.1. The summed E-state index contributed by atoms with van der Waals surface area (Å²) >= 11 is 0. The number of hydrogen-bond donors (Lipinski definition) is 0. The van der Waals surface area contributed by atoms with E-state index >= 15 is 0 Å². The lowest BCUT2D eigenvalue weighted by Crippen LogP contribution is -2.04. The molecule has 0 saturated carbocycles. The predicted octanol–water partition coefficient (Wildman–Crippen LogP) is 6.61. The summed E-state index contributed by atoms with van der Waals surface area (Å²) in [4.78, 5) is 14.7. The second kappa shape index (κ2) is 7.43. The minimum absolute atomic E-state index is 0.618. The van der Waals surface area contributed by atoms with Gasteiger partial charge in [0.15, 0.2) is 0 Å². The Bertz CT molecular complexity index is 1510. The predicted molar refractivity (Wildman–Crippen MR) is 130 cm³/mol. The molecule has 0 aliphatic heterocycles. The first-order chi connectivity index (χ1) is 15.8. The molecule has 0 N–H and O–H groups in total. The van der Waals surface area contributed by atoms with Crippen LogP contribution in [0.2, 0.25) is 0 Å². The Morgan fingerprint density at radius 2 is 1.28 bits per heavy atom. The normalized spacial score (nSPS) is 11.3. The molecule has 152 valence electrons. The van der Waals surface area contributed by atoms with Crippen LogP contribution in [0.15, 0.2) is 103 Å². The third-order valence-electron chi connectivity index (χ3n) is 5.74. The average Bonchev–Trinajstić information content (AvgIpc) is 3.18. The number of aromatic nitrogens is 4. The number of fused-ring (bicyclic) bond motifs is 3. The zero-order chi connectivity index (χ0) is 21.5. The van der Waals surface area contributed by atoms with Crippen LogP contribution in [0.25, 0.3) is 50.4 Å². The van der Waals surface area contributed by atoms with E-state index in [9.17, 15) is 0 Å². The molecule has 3 heterocycles. The lowest BCUT2D eigenvalue weighted by molar-refractivity contribution is 0.981. The summed E-state index contributed by atoms with van der Waals surface area (Å²) in [5.74, 6) is 0.618. The molecule has 0 spiro atoms. The Morgan fingerprint density at radius 1 is 0.625 bits per heavy atom. The van der Waals surface area contributed by atoms with Crippen LogP contribution in [0, 0.1) is 6.92 Å². The molecule has 0 fully saturated rings. The topological polar surface area (TPSA) is 43.6 Å². The first-order valence-electron chi connectivity index (χ1n) is 10.6. The molecule has 0 saturated heterocycles. The maximum Gasteiger partial charge on any atom is 0.237 e. The van der Waals surface area contributed by atoms with E-state index in [-0.39, 0.29) is 0 Å². The molecule has 3 aromatic carbocycles. The lowest BCUT2D eigenvalue weighted by Gasteiger charge is -2.11. The molecule has 4 nitrogen and oxygen atoms in total. The Balaban J connectivity index is 1.70. The lowest BCUT2D eigenvalue weighted by atomic mass is 10.1. The van der Waals surface area contributed by atoms with Crippen molar-refractivity contribution in [3.05, 3.63) is 109 Å². The number of benzene rings is 3. The van der Waals surface area contributed by atoms with Gasteiger partial charge < -0.3 is 0 Å². The minimum atomic E-state index is 0.618. The summed E-state index contributed by atoms with van der Waals surface area (Å²) in [7, 11) is 0. The Kier molecular flexibility index (Phi) is 4.29. The summed E-state index contributed by atoms with van der Waals surface area (Å²) in [6.45, 7) is 2.11. The molecule has 4 heteroatoms. The molecule has 3 aromatic heterocycles. The Hall–Kier alpha value is -4.31. The van der Waals surface area contributed by atoms with E-state index in [4.69, 9.17) is 15.0 Å². The number of pyridine rings is 1. The molecule has 0 radical (unpaired) electrons. The van der Waals surface area contributed by atoms with E-state index in [1.165, 1.54) is 5.56 Å². The van der Waals surface area contributed by atoms with Crippen LogP contribution in [0.4, 0.5) is 0 Å². The van der Waals surface area contributed by atoms with Crippen molar-refractivity contribution in [2.45, 2.75) is 6.92 Å². The van der Waals surface area contributed by atoms with Gasteiger partial charge in [-0.1, -0.05) is 72.3 Å². The van der Waals surface area contributed by atoms with E-state index in [0.29, 0.717) is 5.95 Å². The maximum absolute atomic E-state index is 5.01. The van der Waals surface area contributed by atoms with Gasteiger partial charge >= 0.3 is 0 Å².